The van der Waals surface area contributed by atoms with Gasteiger partial charge in [0.2, 0.25) is 0 Å². The summed E-state index contributed by atoms with van der Waals surface area (Å²) in [7, 11) is 2.13. The molecule has 0 fully saturated rings. The van der Waals surface area contributed by atoms with Gasteiger partial charge in [-0.15, -0.1) is 0 Å². The highest BCUT2D eigenvalue weighted by Gasteiger charge is 2.00. The molecule has 0 saturated carbocycles. The van der Waals surface area contributed by atoms with Gasteiger partial charge in [0.05, 0.1) is 0 Å². The lowest BCUT2D eigenvalue weighted by Gasteiger charge is -2.16. The Morgan fingerprint density at radius 1 is 1.00 bits per heavy atom. The second kappa shape index (κ2) is 10.8. The minimum absolute atomic E-state index is 0.159. The smallest absolute Gasteiger partial charge is 0.123 e. The van der Waals surface area contributed by atoms with E-state index >= 15 is 0 Å². The van der Waals surface area contributed by atoms with Gasteiger partial charge in [0.1, 0.15) is 5.82 Å². The highest BCUT2D eigenvalue weighted by molar-refractivity contribution is 5.15. The zero-order valence-corrected chi connectivity index (χ0v) is 13.0. The number of nitrogens with one attached hydrogen (secondary N) is 1. The maximum Gasteiger partial charge on any atom is 0.123 e. The molecule has 0 aliphatic heterocycles. The normalized spacial score (nSPS) is 11.2. The molecule has 0 radical (unpaired) electrons. The van der Waals surface area contributed by atoms with Crippen molar-refractivity contribution in [3.8, 4) is 0 Å². The second-order valence-electron chi connectivity index (χ2n) is 5.53. The van der Waals surface area contributed by atoms with Gasteiger partial charge in [-0.05, 0) is 63.6 Å². The van der Waals surface area contributed by atoms with Crippen molar-refractivity contribution in [2.75, 3.05) is 26.7 Å². The highest BCUT2D eigenvalue weighted by atomic mass is 19.1. The molecule has 0 atom stereocenters. The Labute approximate surface area is 123 Å². The molecule has 1 N–H and O–H groups in total. The number of benzene rings is 1. The summed E-state index contributed by atoms with van der Waals surface area (Å²) in [5.74, 6) is -0.159. The number of nitrogens with zero attached hydrogens (tertiary/aromatic N) is 1. The molecule has 1 aromatic rings. The van der Waals surface area contributed by atoms with E-state index in [-0.39, 0.29) is 5.82 Å². The van der Waals surface area contributed by atoms with Crippen LogP contribution in [0.3, 0.4) is 0 Å². The van der Waals surface area contributed by atoms with E-state index in [1.807, 2.05) is 12.1 Å². The van der Waals surface area contributed by atoms with Crippen LogP contribution in [0.4, 0.5) is 4.39 Å². The molecule has 0 spiro atoms. The quantitative estimate of drug-likeness (QED) is 0.620. The molecular formula is C17H29FN2. The van der Waals surface area contributed by atoms with Crippen LogP contribution in [0, 0.1) is 5.82 Å². The fourth-order valence-electron chi connectivity index (χ4n) is 2.27. The highest BCUT2D eigenvalue weighted by Crippen LogP contribution is 2.07. The molecule has 0 saturated heterocycles. The molecule has 2 nitrogen and oxygen atoms in total. The third-order valence-corrected chi connectivity index (χ3v) is 3.44. The van der Waals surface area contributed by atoms with E-state index in [0.29, 0.717) is 0 Å². The lowest BCUT2D eigenvalue weighted by atomic mass is 10.1. The number of unbranched alkanes of at least 4 members (excludes halogenated alkanes) is 3. The summed E-state index contributed by atoms with van der Waals surface area (Å²) in [5, 5.41) is 3.43. The number of hydrogen-bond donors (Lipinski definition) is 1. The van der Waals surface area contributed by atoms with Crippen LogP contribution in [0.2, 0.25) is 0 Å². The summed E-state index contributed by atoms with van der Waals surface area (Å²) < 4.78 is 12.8. The van der Waals surface area contributed by atoms with Crippen LogP contribution in [-0.2, 0) is 6.54 Å². The minimum Gasteiger partial charge on any atom is -0.317 e. The minimum atomic E-state index is -0.159. The summed E-state index contributed by atoms with van der Waals surface area (Å²) in [6.45, 7) is 6.50. The van der Waals surface area contributed by atoms with Crippen LogP contribution < -0.4 is 5.32 Å². The number of rotatable bonds is 11. The van der Waals surface area contributed by atoms with Crippen molar-refractivity contribution in [1.29, 1.82) is 0 Å². The topological polar surface area (TPSA) is 15.3 Å². The summed E-state index contributed by atoms with van der Waals surface area (Å²) >= 11 is 0. The fourth-order valence-corrected chi connectivity index (χ4v) is 2.27. The second-order valence-corrected chi connectivity index (χ2v) is 5.53. The summed E-state index contributed by atoms with van der Waals surface area (Å²) in [4.78, 5) is 2.31. The van der Waals surface area contributed by atoms with E-state index in [1.54, 1.807) is 0 Å². The standard InChI is InChI=1S/C17H29FN2/c1-3-12-19-13-6-4-5-7-14-20(2)15-16-8-10-17(18)11-9-16/h8-11,19H,3-7,12-15H2,1-2H3. The van der Waals surface area contributed by atoms with Gasteiger partial charge in [-0.2, -0.15) is 0 Å². The summed E-state index contributed by atoms with van der Waals surface area (Å²) in [6.07, 6.45) is 6.34. The average molecular weight is 280 g/mol. The van der Waals surface area contributed by atoms with Gasteiger partial charge < -0.3 is 10.2 Å². The van der Waals surface area contributed by atoms with Crippen LogP contribution in [0.15, 0.2) is 24.3 Å². The molecule has 1 rings (SSSR count). The molecule has 0 aliphatic carbocycles. The molecule has 1 aromatic carbocycles. The molecule has 0 aromatic heterocycles. The zero-order chi connectivity index (χ0) is 14.6. The zero-order valence-electron chi connectivity index (χ0n) is 13.0. The molecule has 114 valence electrons. The van der Waals surface area contributed by atoms with E-state index < -0.39 is 0 Å². The van der Waals surface area contributed by atoms with Gasteiger partial charge >= 0.3 is 0 Å². The first-order valence-corrected chi connectivity index (χ1v) is 7.86. The number of halogens is 1. The maximum absolute atomic E-state index is 12.8. The predicted octanol–water partition coefficient (Wildman–Crippen LogP) is 3.82. The molecular weight excluding hydrogens is 251 g/mol. The van der Waals surface area contributed by atoms with Crippen molar-refractivity contribution in [2.24, 2.45) is 0 Å². The summed E-state index contributed by atoms with van der Waals surface area (Å²) in [6, 6.07) is 6.80. The Morgan fingerprint density at radius 3 is 2.40 bits per heavy atom. The molecule has 0 bridgehead atoms. The first-order valence-electron chi connectivity index (χ1n) is 7.86. The van der Waals surface area contributed by atoms with E-state index in [0.717, 1.165) is 26.2 Å². The van der Waals surface area contributed by atoms with Gasteiger partial charge in [0, 0.05) is 6.54 Å². The van der Waals surface area contributed by atoms with Crippen molar-refractivity contribution in [1.82, 2.24) is 10.2 Å². The first kappa shape index (κ1) is 17.1. The van der Waals surface area contributed by atoms with Crippen LogP contribution in [0.5, 0.6) is 0 Å². The average Bonchev–Trinajstić information content (AvgIpc) is 2.44. The summed E-state index contributed by atoms with van der Waals surface area (Å²) in [5.41, 5.74) is 1.18. The van der Waals surface area contributed by atoms with Crippen LogP contribution in [0.25, 0.3) is 0 Å². The fraction of sp³-hybridized carbons (Fsp3) is 0.647. The van der Waals surface area contributed by atoms with E-state index in [4.69, 9.17) is 0 Å². The van der Waals surface area contributed by atoms with E-state index in [1.165, 1.54) is 49.8 Å². The van der Waals surface area contributed by atoms with Crippen molar-refractivity contribution in [3.63, 3.8) is 0 Å². The largest absolute Gasteiger partial charge is 0.317 e. The first-order chi connectivity index (χ1) is 9.72. The van der Waals surface area contributed by atoms with Gasteiger partial charge in [-0.1, -0.05) is 31.9 Å². The van der Waals surface area contributed by atoms with Crippen molar-refractivity contribution in [3.05, 3.63) is 35.6 Å². The number of hydrogen-bond acceptors (Lipinski definition) is 2. The third-order valence-electron chi connectivity index (χ3n) is 3.44. The monoisotopic (exact) mass is 280 g/mol. The molecule has 0 unspecified atom stereocenters. The molecule has 3 heteroatoms. The van der Waals surface area contributed by atoms with E-state index in [2.05, 4.69) is 24.2 Å². The third kappa shape index (κ3) is 8.28. The molecule has 0 amide bonds. The molecule has 0 aliphatic rings. The lowest BCUT2D eigenvalue weighted by molar-refractivity contribution is 0.316. The maximum atomic E-state index is 12.8. The Balaban J connectivity index is 2.00. The Bertz CT molecular complexity index is 337. The van der Waals surface area contributed by atoms with Crippen molar-refractivity contribution >= 4 is 0 Å². The van der Waals surface area contributed by atoms with Crippen LogP contribution in [0.1, 0.15) is 44.6 Å². The van der Waals surface area contributed by atoms with Gasteiger partial charge in [-0.25, -0.2) is 4.39 Å². The Morgan fingerprint density at radius 2 is 1.70 bits per heavy atom. The molecule has 0 heterocycles. The Kier molecular flexibility index (Phi) is 9.25. The molecule has 20 heavy (non-hydrogen) atoms. The van der Waals surface area contributed by atoms with Crippen LogP contribution >= 0.6 is 0 Å². The van der Waals surface area contributed by atoms with Gasteiger partial charge in [-0.3, -0.25) is 0 Å². The van der Waals surface area contributed by atoms with Crippen LogP contribution in [-0.4, -0.2) is 31.6 Å². The Hall–Kier alpha value is -0.930. The van der Waals surface area contributed by atoms with Gasteiger partial charge in [0.25, 0.3) is 0 Å². The van der Waals surface area contributed by atoms with Gasteiger partial charge in [0.15, 0.2) is 0 Å². The van der Waals surface area contributed by atoms with E-state index in [9.17, 15) is 4.39 Å². The SMILES string of the molecule is CCCNCCCCCCN(C)Cc1ccc(F)cc1. The van der Waals surface area contributed by atoms with Crippen molar-refractivity contribution < 1.29 is 4.39 Å². The predicted molar refractivity (Wildman–Crippen MR) is 84.4 cm³/mol. The lowest BCUT2D eigenvalue weighted by Crippen LogP contribution is -2.19. The van der Waals surface area contributed by atoms with Crippen molar-refractivity contribution in [2.45, 2.75) is 45.6 Å².